The van der Waals surface area contributed by atoms with Crippen LogP contribution in [0.5, 0.6) is 0 Å². The summed E-state index contributed by atoms with van der Waals surface area (Å²) in [4.78, 5) is 13.2. The topological polar surface area (TPSA) is 42.8 Å². The Morgan fingerprint density at radius 1 is 1.45 bits per heavy atom. The van der Waals surface area contributed by atoms with Gasteiger partial charge in [0.2, 0.25) is 0 Å². The molecule has 1 heterocycles. The monoisotopic (exact) mass is 301 g/mol. The van der Waals surface area contributed by atoms with Crippen LogP contribution in [0.15, 0.2) is 18.2 Å². The maximum Gasteiger partial charge on any atom is 0.279 e. The van der Waals surface area contributed by atoms with Crippen molar-refractivity contribution in [3.05, 3.63) is 29.0 Å². The summed E-state index contributed by atoms with van der Waals surface area (Å²) in [5.74, 6) is -0.602. The van der Waals surface area contributed by atoms with E-state index in [1.54, 1.807) is 0 Å². The summed E-state index contributed by atoms with van der Waals surface area (Å²) in [5, 5.41) is 2.74. The Hall–Kier alpha value is -1.17. The Labute approximate surface area is 122 Å². The number of morpholine rings is 1. The molecule has 6 heteroatoms. The summed E-state index contributed by atoms with van der Waals surface area (Å²) in [7, 11) is 0. The van der Waals surface area contributed by atoms with Crippen molar-refractivity contribution in [1.82, 2.24) is 0 Å². The lowest BCUT2D eigenvalue weighted by atomic mass is 10.2. The zero-order valence-corrected chi connectivity index (χ0v) is 12.3. The molecule has 4 nitrogen and oxygen atoms in total. The van der Waals surface area contributed by atoms with Crippen molar-refractivity contribution in [2.45, 2.75) is 26.1 Å². The number of ether oxygens (including phenoxy) is 1. The minimum Gasteiger partial charge on any atom is -0.364 e. The van der Waals surface area contributed by atoms with Crippen LogP contribution in [0.25, 0.3) is 0 Å². The lowest BCUT2D eigenvalue weighted by molar-refractivity contribution is -0.907. The van der Waals surface area contributed by atoms with E-state index in [1.807, 2.05) is 13.8 Å². The fourth-order valence-corrected chi connectivity index (χ4v) is 2.72. The molecule has 0 spiro atoms. The average Bonchev–Trinajstić information content (AvgIpc) is 2.32. The van der Waals surface area contributed by atoms with Gasteiger partial charge in [-0.05, 0) is 32.0 Å². The molecule has 0 unspecified atom stereocenters. The van der Waals surface area contributed by atoms with Gasteiger partial charge in [0.1, 0.15) is 31.1 Å². The van der Waals surface area contributed by atoms with Crippen molar-refractivity contribution in [2.75, 3.05) is 25.0 Å². The quantitative estimate of drug-likeness (QED) is 0.878. The lowest BCUT2D eigenvalue weighted by Gasteiger charge is -2.31. The maximum absolute atomic E-state index is 13.0. The number of nitrogens with one attached hydrogen (secondary N) is 2. The van der Waals surface area contributed by atoms with E-state index in [2.05, 4.69) is 5.32 Å². The molecule has 0 aromatic heterocycles. The zero-order valence-electron chi connectivity index (χ0n) is 11.6. The molecule has 0 bridgehead atoms. The molecule has 2 N–H and O–H groups in total. The van der Waals surface area contributed by atoms with Gasteiger partial charge in [-0.1, -0.05) is 11.6 Å². The Bertz CT molecular complexity index is 488. The molecule has 1 aromatic carbocycles. The number of hydrogen-bond acceptors (Lipinski definition) is 2. The van der Waals surface area contributed by atoms with E-state index >= 15 is 0 Å². The van der Waals surface area contributed by atoms with Gasteiger partial charge >= 0.3 is 0 Å². The molecular weight excluding hydrogens is 283 g/mol. The van der Waals surface area contributed by atoms with Crippen LogP contribution in [0.2, 0.25) is 5.02 Å². The number of quaternary nitrogens is 1. The predicted molar refractivity (Wildman–Crippen MR) is 75.6 cm³/mol. The van der Waals surface area contributed by atoms with E-state index in [0.717, 1.165) is 13.1 Å². The van der Waals surface area contributed by atoms with Crippen molar-refractivity contribution in [3.8, 4) is 0 Å². The number of benzene rings is 1. The molecule has 2 rings (SSSR count). The summed E-state index contributed by atoms with van der Waals surface area (Å²) in [6.45, 7) is 6.00. The SMILES string of the molecule is C[C@@H]1C[NH+](CC(=O)Nc2ccc(F)c(Cl)c2)C[C@@H](C)O1. The second-order valence-electron chi connectivity index (χ2n) is 5.27. The highest BCUT2D eigenvalue weighted by molar-refractivity contribution is 6.31. The van der Waals surface area contributed by atoms with Crippen LogP contribution in [0.4, 0.5) is 10.1 Å². The first-order valence-corrected chi connectivity index (χ1v) is 7.05. The largest absolute Gasteiger partial charge is 0.364 e. The molecule has 0 saturated carbocycles. The third-order valence-electron chi connectivity index (χ3n) is 3.23. The lowest BCUT2D eigenvalue weighted by Crippen LogP contribution is -3.16. The second kappa shape index (κ2) is 6.52. The molecule has 1 aliphatic rings. The van der Waals surface area contributed by atoms with Gasteiger partial charge in [0.05, 0.1) is 5.02 Å². The highest BCUT2D eigenvalue weighted by atomic mass is 35.5. The number of hydrogen-bond donors (Lipinski definition) is 2. The molecule has 2 atom stereocenters. The van der Waals surface area contributed by atoms with Gasteiger partial charge < -0.3 is 15.0 Å². The Morgan fingerprint density at radius 2 is 2.10 bits per heavy atom. The Morgan fingerprint density at radius 3 is 2.70 bits per heavy atom. The minimum absolute atomic E-state index is 0.00349. The molecule has 110 valence electrons. The van der Waals surface area contributed by atoms with E-state index in [9.17, 15) is 9.18 Å². The molecule has 20 heavy (non-hydrogen) atoms. The Balaban J connectivity index is 1.90. The summed E-state index contributed by atoms with van der Waals surface area (Å²) >= 11 is 5.68. The van der Waals surface area contributed by atoms with Crippen LogP contribution in [0.3, 0.4) is 0 Å². The highest BCUT2D eigenvalue weighted by Gasteiger charge is 2.27. The molecule has 1 aromatic rings. The highest BCUT2D eigenvalue weighted by Crippen LogP contribution is 2.19. The van der Waals surface area contributed by atoms with Gasteiger partial charge in [0.15, 0.2) is 6.54 Å². The van der Waals surface area contributed by atoms with Crippen molar-refractivity contribution < 1.29 is 18.8 Å². The summed E-state index contributed by atoms with van der Waals surface area (Å²) in [5.41, 5.74) is 0.509. The molecule has 0 aliphatic carbocycles. The normalized spacial score (nSPS) is 26.3. The van der Waals surface area contributed by atoms with Crippen LogP contribution in [0, 0.1) is 5.82 Å². The van der Waals surface area contributed by atoms with Gasteiger partial charge in [-0.15, -0.1) is 0 Å². The van der Waals surface area contributed by atoms with Crippen LogP contribution in [-0.4, -0.2) is 37.7 Å². The number of rotatable bonds is 3. The maximum atomic E-state index is 13.0. The number of halogens is 2. The fourth-order valence-electron chi connectivity index (χ4n) is 2.54. The molecule has 1 amide bonds. The average molecular weight is 302 g/mol. The van der Waals surface area contributed by atoms with Crippen LogP contribution >= 0.6 is 11.6 Å². The predicted octanol–water partition coefficient (Wildman–Crippen LogP) is 1.11. The molecular formula is C14H19ClFN2O2+. The summed E-state index contributed by atoms with van der Waals surface area (Å²) in [6.07, 6.45) is 0.309. The van der Waals surface area contributed by atoms with Gasteiger partial charge in [0.25, 0.3) is 5.91 Å². The molecule has 0 radical (unpaired) electrons. The number of amides is 1. The molecule has 1 aliphatic heterocycles. The van der Waals surface area contributed by atoms with Crippen LogP contribution in [-0.2, 0) is 9.53 Å². The van der Waals surface area contributed by atoms with Gasteiger partial charge in [-0.2, -0.15) is 0 Å². The number of carbonyl (C=O) groups is 1. The molecule has 1 saturated heterocycles. The van der Waals surface area contributed by atoms with E-state index in [0.29, 0.717) is 12.2 Å². The third kappa shape index (κ3) is 4.16. The zero-order chi connectivity index (χ0) is 14.7. The first kappa shape index (κ1) is 15.2. The van der Waals surface area contributed by atoms with Gasteiger partial charge in [-0.25, -0.2) is 4.39 Å². The van der Waals surface area contributed by atoms with Crippen molar-refractivity contribution in [2.24, 2.45) is 0 Å². The van der Waals surface area contributed by atoms with Crippen molar-refractivity contribution >= 4 is 23.2 Å². The van der Waals surface area contributed by atoms with E-state index < -0.39 is 5.82 Å². The van der Waals surface area contributed by atoms with Gasteiger partial charge in [-0.3, -0.25) is 4.79 Å². The van der Waals surface area contributed by atoms with Crippen molar-refractivity contribution in [3.63, 3.8) is 0 Å². The molecule has 1 fully saturated rings. The van der Waals surface area contributed by atoms with E-state index in [1.165, 1.54) is 23.1 Å². The third-order valence-corrected chi connectivity index (χ3v) is 3.52. The summed E-state index contributed by atoms with van der Waals surface area (Å²) < 4.78 is 18.7. The number of carbonyl (C=O) groups excluding carboxylic acids is 1. The Kier molecular flexibility index (Phi) is 4.96. The van der Waals surface area contributed by atoms with Crippen molar-refractivity contribution in [1.29, 1.82) is 0 Å². The number of anilines is 1. The fraction of sp³-hybridized carbons (Fsp3) is 0.500. The van der Waals surface area contributed by atoms with Crippen LogP contribution in [0.1, 0.15) is 13.8 Å². The van der Waals surface area contributed by atoms with E-state index in [4.69, 9.17) is 16.3 Å². The van der Waals surface area contributed by atoms with E-state index in [-0.39, 0.29) is 23.1 Å². The van der Waals surface area contributed by atoms with Gasteiger partial charge in [0, 0.05) is 5.69 Å². The summed E-state index contributed by atoms with van der Waals surface area (Å²) in [6, 6.07) is 4.15. The standard InChI is InChI=1S/C14H18ClFN2O2/c1-9-6-18(7-10(2)20-9)8-14(19)17-11-3-4-13(16)12(15)5-11/h3-5,9-10H,6-8H2,1-2H3,(H,17,19)/p+1/t9-,10-/m1/s1. The van der Waals surface area contributed by atoms with Crippen LogP contribution < -0.4 is 10.2 Å². The first-order valence-electron chi connectivity index (χ1n) is 6.68. The minimum atomic E-state index is -0.494. The first-order chi connectivity index (χ1) is 9.44. The second-order valence-corrected chi connectivity index (χ2v) is 5.68. The smallest absolute Gasteiger partial charge is 0.279 e.